The number of ether oxygens (including phenoxy) is 1. The molecule has 0 unspecified atom stereocenters. The summed E-state index contributed by atoms with van der Waals surface area (Å²) < 4.78 is 10.4. The van der Waals surface area contributed by atoms with Crippen LogP contribution in [0, 0.1) is 0 Å². The van der Waals surface area contributed by atoms with Gasteiger partial charge in [0.25, 0.3) is 0 Å². The summed E-state index contributed by atoms with van der Waals surface area (Å²) in [6, 6.07) is 9.67. The van der Waals surface area contributed by atoms with Gasteiger partial charge in [-0.05, 0) is 23.8 Å². The van der Waals surface area contributed by atoms with E-state index in [4.69, 9.17) is 9.26 Å². The van der Waals surface area contributed by atoms with E-state index in [0.29, 0.717) is 5.76 Å². The number of hydrogen-bond donors (Lipinski definition) is 0. The fourth-order valence-corrected chi connectivity index (χ4v) is 2.30. The van der Waals surface area contributed by atoms with E-state index in [1.807, 2.05) is 47.9 Å². The molecule has 3 aromatic rings. The van der Waals surface area contributed by atoms with Crippen LogP contribution in [-0.4, -0.2) is 17.3 Å². The van der Waals surface area contributed by atoms with E-state index in [9.17, 15) is 0 Å². The van der Waals surface area contributed by atoms with E-state index in [1.54, 1.807) is 13.3 Å². The van der Waals surface area contributed by atoms with Crippen molar-refractivity contribution in [2.45, 2.75) is 0 Å². The van der Waals surface area contributed by atoms with Crippen LogP contribution in [0.2, 0.25) is 0 Å². The zero-order chi connectivity index (χ0) is 13.8. The van der Waals surface area contributed by atoms with Crippen LogP contribution in [0.1, 0.15) is 11.3 Å². The predicted molar refractivity (Wildman–Crippen MR) is 79.5 cm³/mol. The Balaban J connectivity index is 1.75. The highest BCUT2D eigenvalue weighted by Crippen LogP contribution is 2.22. The van der Waals surface area contributed by atoms with Gasteiger partial charge in [0.05, 0.1) is 7.11 Å². The van der Waals surface area contributed by atoms with Gasteiger partial charge >= 0.3 is 0 Å². The van der Waals surface area contributed by atoms with E-state index in [0.717, 1.165) is 22.0 Å². The summed E-state index contributed by atoms with van der Waals surface area (Å²) in [7, 11) is 1.65. The number of thiazole rings is 1. The van der Waals surface area contributed by atoms with Crippen molar-refractivity contribution in [1.82, 2.24) is 10.1 Å². The number of methoxy groups -OCH3 is 1. The Kier molecular flexibility index (Phi) is 3.60. The Morgan fingerprint density at radius 1 is 1.20 bits per heavy atom. The first-order chi connectivity index (χ1) is 9.85. The van der Waals surface area contributed by atoms with Gasteiger partial charge in [0.2, 0.25) is 0 Å². The first-order valence-electron chi connectivity index (χ1n) is 6.04. The quantitative estimate of drug-likeness (QED) is 0.727. The van der Waals surface area contributed by atoms with Crippen molar-refractivity contribution in [3.8, 4) is 16.5 Å². The highest BCUT2D eigenvalue weighted by Gasteiger charge is 2.06. The molecular weight excluding hydrogens is 272 g/mol. The second-order valence-electron chi connectivity index (χ2n) is 4.06. The molecule has 0 N–H and O–H groups in total. The summed E-state index contributed by atoms with van der Waals surface area (Å²) in [5.41, 5.74) is 1.83. The van der Waals surface area contributed by atoms with Crippen molar-refractivity contribution in [3.63, 3.8) is 0 Å². The largest absolute Gasteiger partial charge is 0.497 e. The van der Waals surface area contributed by atoms with Crippen molar-refractivity contribution in [2.24, 2.45) is 0 Å². The summed E-state index contributed by atoms with van der Waals surface area (Å²) in [6.07, 6.45) is 5.60. The molecule has 100 valence electrons. The molecule has 0 aliphatic carbocycles. The van der Waals surface area contributed by atoms with E-state index in [2.05, 4.69) is 10.1 Å². The van der Waals surface area contributed by atoms with E-state index >= 15 is 0 Å². The van der Waals surface area contributed by atoms with Crippen molar-refractivity contribution >= 4 is 23.5 Å². The number of rotatable bonds is 4. The van der Waals surface area contributed by atoms with Gasteiger partial charge in [-0.3, -0.25) is 0 Å². The average molecular weight is 284 g/mol. The van der Waals surface area contributed by atoms with Crippen molar-refractivity contribution < 1.29 is 9.26 Å². The number of hydrogen-bond acceptors (Lipinski definition) is 5. The lowest BCUT2D eigenvalue weighted by atomic mass is 10.2. The van der Waals surface area contributed by atoms with Crippen molar-refractivity contribution in [3.05, 3.63) is 53.2 Å². The SMILES string of the molecule is COc1ccc(/C=C/c2cc(-c3nccs3)no2)cc1. The maximum Gasteiger partial charge on any atom is 0.160 e. The molecule has 0 atom stereocenters. The lowest BCUT2D eigenvalue weighted by Crippen LogP contribution is -1.81. The lowest BCUT2D eigenvalue weighted by Gasteiger charge is -1.98. The molecule has 1 aromatic carbocycles. The molecule has 2 heterocycles. The van der Waals surface area contributed by atoms with E-state index in [-0.39, 0.29) is 0 Å². The van der Waals surface area contributed by atoms with Crippen LogP contribution >= 0.6 is 11.3 Å². The third kappa shape index (κ3) is 2.78. The molecule has 0 spiro atoms. The Morgan fingerprint density at radius 2 is 2.05 bits per heavy atom. The summed E-state index contributed by atoms with van der Waals surface area (Å²) in [5, 5.41) is 6.77. The summed E-state index contributed by atoms with van der Waals surface area (Å²) in [4.78, 5) is 4.20. The summed E-state index contributed by atoms with van der Waals surface area (Å²) >= 11 is 1.54. The Labute approximate surface area is 120 Å². The molecular formula is C15H12N2O2S. The normalized spacial score (nSPS) is 11.1. The molecule has 4 nitrogen and oxygen atoms in total. The minimum Gasteiger partial charge on any atom is -0.497 e. The van der Waals surface area contributed by atoms with Gasteiger partial charge in [-0.25, -0.2) is 4.98 Å². The maximum absolute atomic E-state index is 5.26. The first-order valence-corrected chi connectivity index (χ1v) is 6.92. The third-order valence-corrected chi connectivity index (χ3v) is 3.53. The number of benzene rings is 1. The molecule has 20 heavy (non-hydrogen) atoms. The van der Waals surface area contributed by atoms with E-state index < -0.39 is 0 Å². The molecule has 0 amide bonds. The Morgan fingerprint density at radius 3 is 2.75 bits per heavy atom. The van der Waals surface area contributed by atoms with Crippen molar-refractivity contribution in [2.75, 3.05) is 7.11 Å². The van der Waals surface area contributed by atoms with Gasteiger partial charge in [-0.15, -0.1) is 11.3 Å². The van der Waals surface area contributed by atoms with E-state index in [1.165, 1.54) is 11.3 Å². The molecule has 0 saturated carbocycles. The molecule has 0 aliphatic rings. The van der Waals surface area contributed by atoms with Gasteiger partial charge in [0.1, 0.15) is 16.5 Å². The summed E-state index contributed by atoms with van der Waals surface area (Å²) in [5.74, 6) is 1.54. The number of aromatic nitrogens is 2. The van der Waals surface area contributed by atoms with Crippen LogP contribution in [0.4, 0.5) is 0 Å². The monoisotopic (exact) mass is 284 g/mol. The first kappa shape index (κ1) is 12.6. The zero-order valence-electron chi connectivity index (χ0n) is 10.8. The van der Waals surface area contributed by atoms with Gasteiger partial charge < -0.3 is 9.26 Å². The molecule has 0 aliphatic heterocycles. The lowest BCUT2D eigenvalue weighted by molar-refractivity contribution is 0.415. The van der Waals surface area contributed by atoms with Crippen LogP contribution in [0.5, 0.6) is 5.75 Å². The van der Waals surface area contributed by atoms with Crippen LogP contribution in [-0.2, 0) is 0 Å². The van der Waals surface area contributed by atoms with Crippen molar-refractivity contribution in [1.29, 1.82) is 0 Å². The van der Waals surface area contributed by atoms with Gasteiger partial charge in [0.15, 0.2) is 5.76 Å². The molecule has 3 rings (SSSR count). The molecule has 0 fully saturated rings. The second-order valence-corrected chi connectivity index (χ2v) is 4.95. The zero-order valence-corrected chi connectivity index (χ0v) is 11.6. The third-order valence-electron chi connectivity index (χ3n) is 2.74. The topological polar surface area (TPSA) is 48.2 Å². The summed E-state index contributed by atoms with van der Waals surface area (Å²) in [6.45, 7) is 0. The van der Waals surface area contributed by atoms with Crippen LogP contribution in [0.15, 0.2) is 46.4 Å². The highest BCUT2D eigenvalue weighted by molar-refractivity contribution is 7.13. The fraction of sp³-hybridized carbons (Fsp3) is 0.0667. The van der Waals surface area contributed by atoms with Crippen LogP contribution in [0.25, 0.3) is 22.9 Å². The predicted octanol–water partition coefficient (Wildman–Crippen LogP) is 3.98. The minimum atomic E-state index is 0.700. The Bertz CT molecular complexity index is 700. The standard InChI is InChI=1S/C15H12N2O2S/c1-18-12-5-2-11(3-6-12)4-7-13-10-14(17-19-13)15-16-8-9-20-15/h2-10H,1H3/b7-4+. The maximum atomic E-state index is 5.26. The second kappa shape index (κ2) is 5.71. The highest BCUT2D eigenvalue weighted by atomic mass is 32.1. The minimum absolute atomic E-state index is 0.700. The molecule has 0 bridgehead atoms. The van der Waals surface area contributed by atoms with Gasteiger partial charge in [-0.1, -0.05) is 23.4 Å². The fourth-order valence-electron chi connectivity index (χ4n) is 1.71. The number of nitrogens with zero attached hydrogens (tertiary/aromatic N) is 2. The molecule has 5 heteroatoms. The smallest absolute Gasteiger partial charge is 0.160 e. The Hall–Kier alpha value is -2.40. The van der Waals surface area contributed by atoms with Crippen LogP contribution < -0.4 is 4.74 Å². The molecule has 0 saturated heterocycles. The van der Waals surface area contributed by atoms with Gasteiger partial charge in [0, 0.05) is 17.6 Å². The van der Waals surface area contributed by atoms with Crippen LogP contribution in [0.3, 0.4) is 0 Å². The van der Waals surface area contributed by atoms with Gasteiger partial charge in [-0.2, -0.15) is 0 Å². The average Bonchev–Trinajstić information content (AvgIpc) is 3.16. The molecule has 0 radical (unpaired) electrons. The molecule has 2 aromatic heterocycles.